The fourth-order valence-corrected chi connectivity index (χ4v) is 5.21. The minimum Gasteiger partial charge on any atom is -0.457 e. The number of fused-ring (bicyclic) bond motifs is 1. The van der Waals surface area contributed by atoms with Gasteiger partial charge in [0, 0.05) is 44.6 Å². The van der Waals surface area contributed by atoms with Crippen molar-refractivity contribution in [3.05, 3.63) is 120 Å². The second-order valence-corrected chi connectivity index (χ2v) is 10.1. The van der Waals surface area contributed by atoms with Gasteiger partial charge >= 0.3 is 0 Å². The van der Waals surface area contributed by atoms with Crippen LogP contribution in [-0.4, -0.2) is 51.5 Å². The average Bonchev–Trinajstić information content (AvgIpc) is 3.36. The van der Waals surface area contributed by atoms with Gasteiger partial charge in [-0.1, -0.05) is 48.5 Å². The second kappa shape index (κ2) is 11.5. The van der Waals surface area contributed by atoms with Crippen molar-refractivity contribution in [3.63, 3.8) is 0 Å². The standard InChI is InChI=1S/C33H30N6O2/c1-24-30(33(40)38-18-16-37(17-19-38)22-25-8-4-2-5-9-25)23-39-32(24)31(26(20-34)21-35-39)36-27-12-14-29(15-13-27)41-28-10-6-3-7-11-28/h2-15,21,23,36H,16-19,22H2,1H3. The zero-order chi connectivity index (χ0) is 28.2. The summed E-state index contributed by atoms with van der Waals surface area (Å²) in [6, 6.07) is 29.8. The zero-order valence-electron chi connectivity index (χ0n) is 22.8. The number of carbonyl (C=O) groups excluding carboxylic acids is 1. The zero-order valence-corrected chi connectivity index (χ0v) is 22.8. The minimum absolute atomic E-state index is 0.0146. The molecule has 0 aliphatic carbocycles. The molecule has 1 amide bonds. The van der Waals surface area contributed by atoms with E-state index < -0.39 is 0 Å². The topological polar surface area (TPSA) is 85.9 Å². The quantitative estimate of drug-likeness (QED) is 0.271. The maximum Gasteiger partial charge on any atom is 0.255 e. The fourth-order valence-electron chi connectivity index (χ4n) is 5.21. The molecule has 1 N–H and O–H groups in total. The Labute approximate surface area is 239 Å². The van der Waals surface area contributed by atoms with Gasteiger partial charge in [-0.3, -0.25) is 9.69 Å². The smallest absolute Gasteiger partial charge is 0.255 e. The first-order valence-electron chi connectivity index (χ1n) is 13.7. The summed E-state index contributed by atoms with van der Waals surface area (Å²) in [5.74, 6) is 1.45. The number of para-hydroxylation sites is 1. The van der Waals surface area contributed by atoms with Gasteiger partial charge in [-0.15, -0.1) is 0 Å². The summed E-state index contributed by atoms with van der Waals surface area (Å²) in [5, 5.41) is 17.7. The third-order valence-corrected chi connectivity index (χ3v) is 7.42. The molecule has 1 aliphatic rings. The summed E-state index contributed by atoms with van der Waals surface area (Å²) in [6.45, 7) is 5.76. The van der Waals surface area contributed by atoms with Crippen molar-refractivity contribution in [1.29, 1.82) is 5.26 Å². The van der Waals surface area contributed by atoms with Crippen LogP contribution in [0, 0.1) is 18.3 Å². The van der Waals surface area contributed by atoms with Crippen LogP contribution in [0.4, 0.5) is 11.4 Å². The van der Waals surface area contributed by atoms with Crippen molar-refractivity contribution in [2.75, 3.05) is 31.5 Å². The number of hydrogen-bond donors (Lipinski definition) is 1. The number of anilines is 2. The predicted octanol–water partition coefficient (Wildman–Crippen LogP) is 6.01. The van der Waals surface area contributed by atoms with Crippen molar-refractivity contribution in [3.8, 4) is 17.6 Å². The molecule has 0 bridgehead atoms. The summed E-state index contributed by atoms with van der Waals surface area (Å²) < 4.78 is 7.59. The summed E-state index contributed by atoms with van der Waals surface area (Å²) in [7, 11) is 0. The lowest BCUT2D eigenvalue weighted by molar-refractivity contribution is 0.0628. The number of nitriles is 1. The molecule has 41 heavy (non-hydrogen) atoms. The predicted molar refractivity (Wildman–Crippen MR) is 159 cm³/mol. The minimum atomic E-state index is -0.0146. The number of piperazine rings is 1. The van der Waals surface area contributed by atoms with E-state index in [9.17, 15) is 10.1 Å². The van der Waals surface area contributed by atoms with Crippen LogP contribution in [0.1, 0.15) is 27.0 Å². The van der Waals surface area contributed by atoms with E-state index in [1.54, 1.807) is 10.7 Å². The highest BCUT2D eigenvalue weighted by Crippen LogP contribution is 2.32. The molecule has 204 valence electrons. The Morgan fingerprint density at radius 3 is 2.27 bits per heavy atom. The van der Waals surface area contributed by atoms with Crippen molar-refractivity contribution < 1.29 is 9.53 Å². The van der Waals surface area contributed by atoms with E-state index in [1.807, 2.05) is 72.5 Å². The number of carbonyl (C=O) groups is 1. The number of benzene rings is 3. The van der Waals surface area contributed by atoms with Crippen LogP contribution < -0.4 is 10.1 Å². The number of aromatic nitrogens is 2. The molecule has 3 aromatic carbocycles. The molecule has 0 saturated carbocycles. The second-order valence-electron chi connectivity index (χ2n) is 10.1. The van der Waals surface area contributed by atoms with E-state index in [-0.39, 0.29) is 5.91 Å². The Hall–Kier alpha value is -5.13. The van der Waals surface area contributed by atoms with E-state index in [1.165, 1.54) is 11.8 Å². The molecule has 5 aromatic rings. The Balaban J connectivity index is 1.20. The Kier molecular flexibility index (Phi) is 7.35. The molecule has 0 radical (unpaired) electrons. The number of rotatable bonds is 7. The van der Waals surface area contributed by atoms with Gasteiger partial charge in [0.25, 0.3) is 5.91 Å². The van der Waals surface area contributed by atoms with E-state index in [4.69, 9.17) is 4.74 Å². The van der Waals surface area contributed by atoms with Crippen LogP contribution in [0.15, 0.2) is 97.3 Å². The van der Waals surface area contributed by atoms with Crippen molar-refractivity contribution >= 4 is 22.8 Å². The molecule has 8 heteroatoms. The molecule has 1 saturated heterocycles. The summed E-state index contributed by atoms with van der Waals surface area (Å²) in [5.41, 5.74) is 5.18. The molecule has 1 aliphatic heterocycles. The van der Waals surface area contributed by atoms with Gasteiger partial charge in [-0.2, -0.15) is 10.4 Å². The first-order chi connectivity index (χ1) is 20.1. The van der Waals surface area contributed by atoms with Crippen LogP contribution in [0.2, 0.25) is 0 Å². The first-order valence-corrected chi connectivity index (χ1v) is 13.7. The number of ether oxygens (including phenoxy) is 1. The lowest BCUT2D eigenvalue weighted by Crippen LogP contribution is -2.48. The maximum atomic E-state index is 13.6. The van der Waals surface area contributed by atoms with Crippen LogP contribution in [0.5, 0.6) is 11.5 Å². The van der Waals surface area contributed by atoms with Gasteiger partial charge in [0.05, 0.1) is 28.5 Å². The highest BCUT2D eigenvalue weighted by molar-refractivity contribution is 6.00. The van der Waals surface area contributed by atoms with Gasteiger partial charge in [-0.05, 0) is 54.4 Å². The van der Waals surface area contributed by atoms with E-state index >= 15 is 0 Å². The Morgan fingerprint density at radius 2 is 1.59 bits per heavy atom. The van der Waals surface area contributed by atoms with E-state index in [0.717, 1.165) is 36.6 Å². The first kappa shape index (κ1) is 26.1. The molecule has 0 unspecified atom stereocenters. The number of amides is 1. The van der Waals surface area contributed by atoms with Gasteiger partial charge in [-0.25, -0.2) is 4.52 Å². The molecule has 1 fully saturated rings. The third-order valence-electron chi connectivity index (χ3n) is 7.42. The highest BCUT2D eigenvalue weighted by Gasteiger charge is 2.26. The molecular weight excluding hydrogens is 512 g/mol. The average molecular weight is 543 g/mol. The Morgan fingerprint density at radius 1 is 0.927 bits per heavy atom. The number of nitrogens with one attached hydrogen (secondary N) is 1. The molecular formula is C33H30N6O2. The SMILES string of the molecule is Cc1c(C(=O)N2CCN(Cc3ccccc3)CC2)cn2ncc(C#N)c(Nc3ccc(Oc4ccccc4)cc3)c12. The molecule has 6 rings (SSSR count). The monoisotopic (exact) mass is 542 g/mol. The van der Waals surface area contributed by atoms with Gasteiger partial charge in [0.15, 0.2) is 0 Å². The van der Waals surface area contributed by atoms with Gasteiger partial charge in [0.1, 0.15) is 17.6 Å². The Bertz CT molecular complexity index is 1700. The van der Waals surface area contributed by atoms with Crippen LogP contribution in [-0.2, 0) is 6.54 Å². The van der Waals surface area contributed by atoms with Crippen molar-refractivity contribution in [2.24, 2.45) is 0 Å². The molecule has 0 atom stereocenters. The summed E-state index contributed by atoms with van der Waals surface area (Å²) >= 11 is 0. The lowest BCUT2D eigenvalue weighted by Gasteiger charge is -2.34. The normalized spacial score (nSPS) is 13.6. The van der Waals surface area contributed by atoms with E-state index in [0.29, 0.717) is 41.2 Å². The lowest BCUT2D eigenvalue weighted by atomic mass is 10.1. The largest absolute Gasteiger partial charge is 0.457 e. The van der Waals surface area contributed by atoms with Crippen molar-refractivity contribution in [1.82, 2.24) is 19.4 Å². The van der Waals surface area contributed by atoms with Crippen molar-refractivity contribution in [2.45, 2.75) is 13.5 Å². The molecule has 2 aromatic heterocycles. The number of nitrogens with zero attached hydrogens (tertiary/aromatic N) is 5. The highest BCUT2D eigenvalue weighted by atomic mass is 16.5. The third kappa shape index (κ3) is 5.62. The maximum absolute atomic E-state index is 13.6. The number of aryl methyl sites for hydroxylation is 1. The van der Waals surface area contributed by atoms with Gasteiger partial charge < -0.3 is 15.0 Å². The summed E-state index contributed by atoms with van der Waals surface area (Å²) in [6.07, 6.45) is 3.30. The fraction of sp³-hybridized carbons (Fsp3) is 0.182. The van der Waals surface area contributed by atoms with E-state index in [2.05, 4.69) is 45.7 Å². The summed E-state index contributed by atoms with van der Waals surface area (Å²) in [4.78, 5) is 17.9. The molecule has 0 spiro atoms. The molecule has 8 nitrogen and oxygen atoms in total. The molecule has 3 heterocycles. The van der Waals surface area contributed by atoms with Crippen LogP contribution in [0.25, 0.3) is 5.52 Å². The van der Waals surface area contributed by atoms with Crippen LogP contribution >= 0.6 is 0 Å². The number of hydrogen-bond acceptors (Lipinski definition) is 6. The van der Waals surface area contributed by atoms with Gasteiger partial charge in [0.2, 0.25) is 0 Å². The van der Waals surface area contributed by atoms with Crippen LogP contribution in [0.3, 0.4) is 0 Å².